The minimum absolute atomic E-state index is 0.00703. The van der Waals surface area contributed by atoms with E-state index in [1.807, 2.05) is 121 Å². The maximum Gasteiger partial charge on any atom is 0.323 e. The number of hydrogen-bond donors (Lipinski definition) is 2. The number of para-hydroxylation sites is 4. The molecule has 0 saturated heterocycles. The van der Waals surface area contributed by atoms with E-state index in [0.717, 1.165) is 82.0 Å². The summed E-state index contributed by atoms with van der Waals surface area (Å²) < 4.78 is 3.24. The first-order valence-electron chi connectivity index (χ1n) is 21.8. The van der Waals surface area contributed by atoms with Crippen LogP contribution in [0.2, 0.25) is 0 Å². The van der Waals surface area contributed by atoms with Crippen molar-refractivity contribution in [1.29, 1.82) is 10.5 Å². The average molecular weight is 875 g/mol. The summed E-state index contributed by atoms with van der Waals surface area (Å²) in [6.45, 7) is -0.0330. The van der Waals surface area contributed by atoms with E-state index in [1.165, 1.54) is 0 Å². The number of anilines is 2. The molecule has 2 aliphatic rings. The average Bonchev–Trinajstić information content (AvgIpc) is 3.79. The van der Waals surface area contributed by atoms with Crippen LogP contribution in [-0.2, 0) is 45.2 Å². The maximum atomic E-state index is 13.7. The second-order valence-electron chi connectivity index (χ2n) is 16.4. The van der Waals surface area contributed by atoms with Crippen molar-refractivity contribution < 1.29 is 29.4 Å². The number of benzene rings is 5. The second-order valence-corrected chi connectivity index (χ2v) is 16.4. The van der Waals surface area contributed by atoms with Gasteiger partial charge in [0.1, 0.15) is 36.4 Å². The normalized spacial score (nSPS) is 13.9. The number of aromatic nitrogens is 2. The first-order chi connectivity index (χ1) is 32.1. The van der Waals surface area contributed by atoms with Crippen LogP contribution in [-0.4, -0.2) is 49.1 Å². The van der Waals surface area contributed by atoms with E-state index in [9.17, 15) is 39.9 Å². The molecule has 2 N–H and O–H groups in total. The van der Waals surface area contributed by atoms with Crippen molar-refractivity contribution in [2.75, 3.05) is 9.80 Å². The van der Waals surface area contributed by atoms with Crippen LogP contribution in [0.5, 0.6) is 0 Å². The van der Waals surface area contributed by atoms with E-state index in [0.29, 0.717) is 24.1 Å². The Morgan fingerprint density at radius 2 is 1.11 bits per heavy atom. The minimum atomic E-state index is -0.965. The summed E-state index contributed by atoms with van der Waals surface area (Å²) in [7, 11) is 0. The third-order valence-electron chi connectivity index (χ3n) is 12.1. The SMILES string of the molecule is N#C/C(=C\c1cn(CC(=O)O)c2ccccc12)C(=O)N(c1ccccc1)C1CCCCC1.N#C/C(=C\c1cn(CC(=O)O)c2ccccc12)C(=O)N1Cc2ccccc2Cc2ccccc21. The van der Waals surface area contributed by atoms with Crippen molar-refractivity contribution >= 4 is 69.1 Å². The number of carbonyl (C=O) groups excluding carboxylic acids is 2. The standard InChI is InChI=1S/C28H21N3O3.C26H25N3O3/c29-15-22(14-23-16-30(18-27(32)33)26-12-6-4-10-24(23)26)28(34)31-17-21-9-2-1-7-19(21)13-20-8-3-5-11-25(20)31;27-16-19(15-20-17-28(18-25(30)31)24-14-8-7-13-23(20)24)26(32)29(21-9-3-1-4-10-21)22-11-5-2-6-12-22/h1-12,14,16H,13,17-18H2,(H,32,33);1,3-4,7-10,13-15,17,22H,2,5-6,11-12,18H2,(H,30,31)/b22-14+;19-15+. The summed E-state index contributed by atoms with van der Waals surface area (Å²) in [5.41, 5.74) is 7.60. The molecule has 2 amide bonds. The largest absolute Gasteiger partial charge is 0.480 e. The van der Waals surface area contributed by atoms with Crippen molar-refractivity contribution in [3.05, 3.63) is 179 Å². The number of rotatable bonds is 10. The quantitative estimate of drug-likeness (QED) is 0.101. The summed E-state index contributed by atoms with van der Waals surface area (Å²) in [5, 5.41) is 40.0. The first kappa shape index (κ1) is 44.1. The van der Waals surface area contributed by atoms with Gasteiger partial charge in [0.15, 0.2) is 0 Å². The lowest BCUT2D eigenvalue weighted by molar-refractivity contribution is -0.138. The Morgan fingerprint density at radius 3 is 1.68 bits per heavy atom. The number of nitriles is 2. The van der Waals surface area contributed by atoms with Crippen LogP contribution < -0.4 is 9.80 Å². The molecule has 0 spiro atoms. The molecule has 3 heterocycles. The lowest BCUT2D eigenvalue weighted by Gasteiger charge is -2.34. The van der Waals surface area contributed by atoms with Crippen LogP contribution in [0.4, 0.5) is 11.4 Å². The Kier molecular flexibility index (Phi) is 13.3. The highest BCUT2D eigenvalue weighted by Crippen LogP contribution is 2.33. The van der Waals surface area contributed by atoms with Crippen LogP contribution >= 0.6 is 0 Å². The van der Waals surface area contributed by atoms with Crippen LogP contribution in [0.25, 0.3) is 34.0 Å². The Morgan fingerprint density at radius 1 is 0.606 bits per heavy atom. The van der Waals surface area contributed by atoms with Gasteiger partial charge in [0.2, 0.25) is 0 Å². The summed E-state index contributed by atoms with van der Waals surface area (Å²) in [6.07, 6.45) is 12.3. The number of carbonyl (C=O) groups is 4. The molecule has 0 atom stereocenters. The van der Waals surface area contributed by atoms with E-state index in [2.05, 4.69) is 18.2 Å². The number of fused-ring (bicyclic) bond motifs is 4. The smallest absolute Gasteiger partial charge is 0.323 e. The zero-order chi connectivity index (χ0) is 46.2. The summed E-state index contributed by atoms with van der Waals surface area (Å²) in [5.74, 6) is -2.62. The van der Waals surface area contributed by atoms with E-state index in [-0.39, 0.29) is 42.1 Å². The maximum absolute atomic E-state index is 13.7. The third-order valence-corrected chi connectivity index (χ3v) is 12.1. The number of carboxylic acid groups (broad SMARTS) is 2. The van der Waals surface area contributed by atoms with Gasteiger partial charge in [-0.15, -0.1) is 0 Å². The molecular weight excluding hydrogens is 829 g/mol. The van der Waals surface area contributed by atoms with E-state index >= 15 is 0 Å². The fourth-order valence-electron chi connectivity index (χ4n) is 9.07. The molecule has 9 rings (SSSR count). The van der Waals surface area contributed by atoms with Gasteiger partial charge in [-0.2, -0.15) is 10.5 Å². The number of aliphatic carboxylic acids is 2. The van der Waals surface area contributed by atoms with Crippen molar-refractivity contribution in [1.82, 2.24) is 9.13 Å². The van der Waals surface area contributed by atoms with Crippen LogP contribution in [0, 0.1) is 22.7 Å². The number of carboxylic acids is 2. The van der Waals surface area contributed by atoms with Gasteiger partial charge < -0.3 is 29.1 Å². The molecule has 0 radical (unpaired) electrons. The molecule has 328 valence electrons. The van der Waals surface area contributed by atoms with E-state index in [4.69, 9.17) is 0 Å². The Labute approximate surface area is 381 Å². The van der Waals surface area contributed by atoms with Crippen molar-refractivity contribution in [3.63, 3.8) is 0 Å². The molecule has 0 unspecified atom stereocenters. The fourth-order valence-corrected chi connectivity index (χ4v) is 9.07. The van der Waals surface area contributed by atoms with E-state index < -0.39 is 11.9 Å². The molecule has 1 aliphatic heterocycles. The number of hydrogen-bond acceptors (Lipinski definition) is 6. The Bertz CT molecular complexity index is 3120. The van der Waals surface area contributed by atoms with Crippen molar-refractivity contribution in [3.8, 4) is 12.1 Å². The summed E-state index contributed by atoms with van der Waals surface area (Å²) in [6, 6.07) is 44.3. The van der Waals surface area contributed by atoms with Gasteiger partial charge in [0.05, 0.1) is 6.54 Å². The van der Waals surface area contributed by atoms with Crippen LogP contribution in [0.1, 0.15) is 59.9 Å². The molecular formula is C54H46N6O6. The van der Waals surface area contributed by atoms with Gasteiger partial charge in [0, 0.05) is 62.7 Å². The highest BCUT2D eigenvalue weighted by atomic mass is 16.4. The molecule has 0 bridgehead atoms. The van der Waals surface area contributed by atoms with Gasteiger partial charge >= 0.3 is 11.9 Å². The molecule has 12 heteroatoms. The molecule has 5 aromatic carbocycles. The topological polar surface area (TPSA) is 173 Å². The Balaban J connectivity index is 0.000000180. The number of nitrogens with zero attached hydrogens (tertiary/aromatic N) is 6. The summed E-state index contributed by atoms with van der Waals surface area (Å²) in [4.78, 5) is 53.4. The van der Waals surface area contributed by atoms with Gasteiger partial charge in [-0.3, -0.25) is 19.2 Å². The molecule has 2 aromatic heterocycles. The zero-order valence-corrected chi connectivity index (χ0v) is 36.1. The van der Waals surface area contributed by atoms with Crippen molar-refractivity contribution in [2.24, 2.45) is 0 Å². The fraction of sp³-hybridized carbons (Fsp3) is 0.185. The molecule has 1 aliphatic carbocycles. The first-order valence-corrected chi connectivity index (χ1v) is 21.8. The highest BCUT2D eigenvalue weighted by Gasteiger charge is 2.30. The third kappa shape index (κ3) is 9.54. The molecule has 66 heavy (non-hydrogen) atoms. The summed E-state index contributed by atoms with van der Waals surface area (Å²) >= 11 is 0. The van der Waals surface area contributed by atoms with Crippen LogP contribution in [0.15, 0.2) is 151 Å². The zero-order valence-electron chi connectivity index (χ0n) is 36.1. The lowest BCUT2D eigenvalue weighted by atomic mass is 9.93. The lowest BCUT2D eigenvalue weighted by Crippen LogP contribution is -2.42. The van der Waals surface area contributed by atoms with Crippen LogP contribution in [0.3, 0.4) is 0 Å². The predicted octanol–water partition coefficient (Wildman–Crippen LogP) is 9.77. The molecule has 12 nitrogen and oxygen atoms in total. The second kappa shape index (κ2) is 19.9. The minimum Gasteiger partial charge on any atom is -0.480 e. The van der Waals surface area contributed by atoms with Gasteiger partial charge in [0.25, 0.3) is 11.8 Å². The van der Waals surface area contributed by atoms with E-state index in [1.54, 1.807) is 43.5 Å². The molecule has 7 aromatic rings. The molecule has 1 saturated carbocycles. The van der Waals surface area contributed by atoms with Gasteiger partial charge in [-0.25, -0.2) is 0 Å². The Hall–Kier alpha value is -8.48. The van der Waals surface area contributed by atoms with Crippen molar-refractivity contribution in [2.45, 2.75) is 64.2 Å². The number of amides is 2. The predicted molar refractivity (Wildman–Crippen MR) is 254 cm³/mol. The molecule has 1 fully saturated rings. The van der Waals surface area contributed by atoms with Gasteiger partial charge in [-0.05, 0) is 78.4 Å². The highest BCUT2D eigenvalue weighted by molar-refractivity contribution is 6.13. The van der Waals surface area contributed by atoms with Gasteiger partial charge in [-0.1, -0.05) is 116 Å². The monoisotopic (exact) mass is 874 g/mol.